The molecule has 3 aromatic carbocycles. The van der Waals surface area contributed by atoms with E-state index in [1.807, 2.05) is 24.3 Å². The van der Waals surface area contributed by atoms with Crippen LogP contribution in [-0.4, -0.2) is 17.7 Å². The zero-order valence-electron chi connectivity index (χ0n) is 19.8. The lowest BCUT2D eigenvalue weighted by atomic mass is 9.75. The average Bonchev–Trinajstić information content (AvgIpc) is 3.33. The second-order valence-corrected chi connectivity index (χ2v) is 9.41. The van der Waals surface area contributed by atoms with Crippen LogP contribution in [0.25, 0.3) is 0 Å². The molecule has 3 aromatic rings. The molecule has 1 aliphatic carbocycles. The van der Waals surface area contributed by atoms with Crippen LogP contribution >= 0.6 is 11.6 Å². The second-order valence-electron chi connectivity index (χ2n) is 8.98. The van der Waals surface area contributed by atoms with Crippen LogP contribution in [0.15, 0.2) is 72.8 Å². The molecule has 0 saturated heterocycles. The molecule has 3 atom stereocenters. The van der Waals surface area contributed by atoms with E-state index >= 15 is 0 Å². The molecular weight excluding hydrogens is 478 g/mol. The van der Waals surface area contributed by atoms with Gasteiger partial charge >= 0.3 is 11.9 Å². The summed E-state index contributed by atoms with van der Waals surface area (Å²) >= 11 is 6.50. The minimum Gasteiger partial charge on any atom is -0.427 e. The topological polar surface area (TPSA) is 81.7 Å². The quantitative estimate of drug-likeness (QED) is 0.193. The summed E-state index contributed by atoms with van der Waals surface area (Å²) in [7, 11) is 0. The van der Waals surface area contributed by atoms with E-state index < -0.39 is 11.9 Å². The molecule has 0 fully saturated rings. The van der Waals surface area contributed by atoms with Crippen molar-refractivity contribution in [3.63, 3.8) is 0 Å². The fourth-order valence-electron chi connectivity index (χ4n) is 5.14. The third-order valence-corrected chi connectivity index (χ3v) is 6.77. The highest BCUT2D eigenvalue weighted by Crippen LogP contribution is 2.53. The molecule has 0 saturated carbocycles. The first-order valence-corrected chi connectivity index (χ1v) is 12.1. The first-order valence-electron chi connectivity index (χ1n) is 11.7. The van der Waals surface area contributed by atoms with E-state index in [0.717, 1.165) is 17.5 Å². The zero-order chi connectivity index (χ0) is 25.4. The summed E-state index contributed by atoms with van der Waals surface area (Å²) in [6, 6.07) is 17.4. The van der Waals surface area contributed by atoms with Crippen molar-refractivity contribution in [3.05, 3.63) is 100 Å². The highest BCUT2D eigenvalue weighted by molar-refractivity contribution is 6.31. The van der Waals surface area contributed by atoms with Crippen molar-refractivity contribution >= 4 is 35.0 Å². The number of nitrogens with one attached hydrogen (secondary N) is 1. The molecule has 2 aliphatic rings. The number of allylic oxidation sites excluding steroid dienone is 2. The SMILES string of the molecule is CC(=O)Oc1ccc([C@@H]2Nc3c(C(=O)c4ccccc4)cc(Cl)cc3[C@H]3C=CC[C@H]32)c(OC(C)=O)c1. The molecule has 182 valence electrons. The minimum absolute atomic E-state index is 0.0191. The van der Waals surface area contributed by atoms with Gasteiger partial charge in [0.25, 0.3) is 0 Å². The van der Waals surface area contributed by atoms with Gasteiger partial charge in [0.15, 0.2) is 5.78 Å². The van der Waals surface area contributed by atoms with E-state index in [9.17, 15) is 14.4 Å². The van der Waals surface area contributed by atoms with Gasteiger partial charge in [0, 0.05) is 53.2 Å². The lowest BCUT2D eigenvalue weighted by Crippen LogP contribution is -2.31. The van der Waals surface area contributed by atoms with Crippen molar-refractivity contribution in [3.8, 4) is 11.5 Å². The highest BCUT2D eigenvalue weighted by atomic mass is 35.5. The van der Waals surface area contributed by atoms with Crippen LogP contribution in [0.1, 0.15) is 59.3 Å². The van der Waals surface area contributed by atoms with Gasteiger partial charge in [-0.25, -0.2) is 0 Å². The minimum atomic E-state index is -0.486. The predicted octanol–water partition coefficient (Wildman–Crippen LogP) is 6.25. The lowest BCUT2D eigenvalue weighted by molar-refractivity contribution is -0.132. The summed E-state index contributed by atoms with van der Waals surface area (Å²) in [4.78, 5) is 36.9. The maximum Gasteiger partial charge on any atom is 0.308 e. The number of carbonyl (C=O) groups excluding carboxylic acids is 3. The standard InChI is InChI=1S/C29H24ClNO5/c1-16(32)35-20-11-12-23(26(15-20)36-17(2)33)27-22-10-6-9-21(22)24-13-19(30)14-25(28(24)31-27)29(34)18-7-4-3-5-8-18/h3-9,11-15,21-22,27,31H,10H2,1-2H3/t21-,22+,27+/m0/s1. The second kappa shape index (κ2) is 9.63. The number of hydrogen-bond acceptors (Lipinski definition) is 6. The summed E-state index contributed by atoms with van der Waals surface area (Å²) in [5.74, 6) is -0.381. The number of benzene rings is 3. The Morgan fingerprint density at radius 2 is 1.67 bits per heavy atom. The van der Waals surface area contributed by atoms with Gasteiger partial charge in [-0.1, -0.05) is 54.1 Å². The number of carbonyl (C=O) groups is 3. The first kappa shape index (κ1) is 23.8. The van der Waals surface area contributed by atoms with Gasteiger partial charge in [0.1, 0.15) is 11.5 Å². The Morgan fingerprint density at radius 1 is 0.917 bits per heavy atom. The summed E-state index contributed by atoms with van der Waals surface area (Å²) in [6.07, 6.45) is 5.06. The average molecular weight is 502 g/mol. The Hall–Kier alpha value is -3.90. The molecule has 0 amide bonds. The number of fused-ring (bicyclic) bond motifs is 3. The summed E-state index contributed by atoms with van der Waals surface area (Å²) in [5, 5.41) is 4.09. The summed E-state index contributed by atoms with van der Waals surface area (Å²) < 4.78 is 10.8. The van der Waals surface area contributed by atoms with Gasteiger partial charge < -0.3 is 14.8 Å². The van der Waals surface area contributed by atoms with E-state index in [1.54, 1.807) is 36.4 Å². The maximum atomic E-state index is 13.5. The molecule has 36 heavy (non-hydrogen) atoms. The molecule has 0 aromatic heterocycles. The molecule has 1 N–H and O–H groups in total. The molecule has 1 heterocycles. The summed E-state index contributed by atoms with van der Waals surface area (Å²) in [5.41, 5.74) is 3.46. The number of esters is 2. The zero-order valence-corrected chi connectivity index (χ0v) is 20.5. The van der Waals surface area contributed by atoms with E-state index in [-0.39, 0.29) is 29.4 Å². The van der Waals surface area contributed by atoms with Crippen LogP contribution in [0.2, 0.25) is 5.02 Å². The van der Waals surface area contributed by atoms with Gasteiger partial charge in [-0.05, 0) is 42.2 Å². The van der Waals surface area contributed by atoms with Crippen LogP contribution in [0.5, 0.6) is 11.5 Å². The Bertz CT molecular complexity index is 1400. The molecule has 0 radical (unpaired) electrons. The molecule has 6 nitrogen and oxygen atoms in total. The van der Waals surface area contributed by atoms with E-state index in [4.69, 9.17) is 21.1 Å². The Labute approximate surface area is 213 Å². The lowest BCUT2D eigenvalue weighted by Gasteiger charge is -2.39. The van der Waals surface area contributed by atoms with Gasteiger partial charge in [-0.2, -0.15) is 0 Å². The molecular formula is C29H24ClNO5. The molecule has 1 aliphatic heterocycles. The Morgan fingerprint density at radius 3 is 2.39 bits per heavy atom. The Kier molecular flexibility index (Phi) is 6.37. The molecule has 0 spiro atoms. The predicted molar refractivity (Wildman–Crippen MR) is 137 cm³/mol. The number of hydrogen-bond donors (Lipinski definition) is 1. The number of ether oxygens (including phenoxy) is 2. The van der Waals surface area contributed by atoms with Crippen LogP contribution < -0.4 is 14.8 Å². The van der Waals surface area contributed by atoms with Gasteiger partial charge in [-0.3, -0.25) is 14.4 Å². The fraction of sp³-hybridized carbons (Fsp3) is 0.207. The number of anilines is 1. The fourth-order valence-corrected chi connectivity index (χ4v) is 5.37. The van der Waals surface area contributed by atoms with Crippen LogP contribution in [0.3, 0.4) is 0 Å². The molecule has 7 heteroatoms. The van der Waals surface area contributed by atoms with Gasteiger partial charge in [-0.15, -0.1) is 0 Å². The van der Waals surface area contributed by atoms with Gasteiger partial charge in [0.2, 0.25) is 0 Å². The molecule has 0 unspecified atom stereocenters. The highest BCUT2D eigenvalue weighted by Gasteiger charge is 2.41. The summed E-state index contributed by atoms with van der Waals surface area (Å²) in [6.45, 7) is 2.63. The van der Waals surface area contributed by atoms with Crippen molar-refractivity contribution < 1.29 is 23.9 Å². The van der Waals surface area contributed by atoms with Crippen LogP contribution in [-0.2, 0) is 9.59 Å². The monoisotopic (exact) mass is 501 g/mol. The van der Waals surface area contributed by atoms with Crippen molar-refractivity contribution in [1.29, 1.82) is 0 Å². The van der Waals surface area contributed by atoms with Crippen LogP contribution in [0, 0.1) is 5.92 Å². The number of ketones is 1. The first-order chi connectivity index (χ1) is 17.3. The van der Waals surface area contributed by atoms with Crippen molar-refractivity contribution in [2.75, 3.05) is 5.32 Å². The Balaban J connectivity index is 1.63. The molecule has 0 bridgehead atoms. The van der Waals surface area contributed by atoms with E-state index in [2.05, 4.69) is 17.5 Å². The molecule has 5 rings (SSSR count). The third-order valence-electron chi connectivity index (χ3n) is 6.55. The maximum absolute atomic E-state index is 13.5. The van der Waals surface area contributed by atoms with Crippen molar-refractivity contribution in [1.82, 2.24) is 0 Å². The number of halogens is 1. The smallest absolute Gasteiger partial charge is 0.308 e. The van der Waals surface area contributed by atoms with Crippen molar-refractivity contribution in [2.24, 2.45) is 5.92 Å². The number of rotatable bonds is 5. The van der Waals surface area contributed by atoms with Crippen LogP contribution in [0.4, 0.5) is 5.69 Å². The largest absolute Gasteiger partial charge is 0.427 e. The third kappa shape index (κ3) is 4.52. The normalized spacial score (nSPS) is 19.6. The van der Waals surface area contributed by atoms with Gasteiger partial charge in [0.05, 0.1) is 6.04 Å². The van der Waals surface area contributed by atoms with Crippen molar-refractivity contribution in [2.45, 2.75) is 32.2 Å². The van der Waals surface area contributed by atoms with E-state index in [1.165, 1.54) is 13.8 Å². The van der Waals surface area contributed by atoms with E-state index in [0.29, 0.717) is 27.6 Å².